The number of hydrogen-bond donors (Lipinski definition) is 2. The van der Waals surface area contributed by atoms with Crippen molar-refractivity contribution in [3.05, 3.63) is 41.6 Å². The predicted molar refractivity (Wildman–Crippen MR) is 87.6 cm³/mol. The molecular formula is C17H23N3O2. The Morgan fingerprint density at radius 1 is 1.36 bits per heavy atom. The Bertz CT molecular complexity index is 677. The van der Waals surface area contributed by atoms with Crippen LogP contribution in [0.15, 0.2) is 30.3 Å². The number of pyridine rings is 1. The molecule has 0 aliphatic carbocycles. The van der Waals surface area contributed by atoms with Crippen LogP contribution in [0.5, 0.6) is 0 Å². The quantitative estimate of drug-likeness (QED) is 0.913. The molecule has 1 aromatic heterocycles. The molecule has 0 radical (unpaired) electrons. The molecule has 0 saturated carbocycles. The molecule has 0 spiro atoms. The molecule has 2 aromatic rings. The Morgan fingerprint density at radius 2 is 2.05 bits per heavy atom. The Morgan fingerprint density at radius 3 is 2.73 bits per heavy atom. The second kappa shape index (κ2) is 6.32. The van der Waals surface area contributed by atoms with Gasteiger partial charge in [0.05, 0.1) is 5.52 Å². The summed E-state index contributed by atoms with van der Waals surface area (Å²) in [5.74, 6) is 0. The van der Waals surface area contributed by atoms with E-state index in [1.807, 2.05) is 58.0 Å². The average molecular weight is 301 g/mol. The van der Waals surface area contributed by atoms with Gasteiger partial charge < -0.3 is 15.8 Å². The second-order valence-corrected chi connectivity index (χ2v) is 6.36. The van der Waals surface area contributed by atoms with Crippen LogP contribution in [0.4, 0.5) is 4.79 Å². The van der Waals surface area contributed by atoms with Gasteiger partial charge in [-0.15, -0.1) is 0 Å². The number of ether oxygens (including phenoxy) is 1. The van der Waals surface area contributed by atoms with Crippen LogP contribution >= 0.6 is 0 Å². The number of fused-ring (bicyclic) bond motifs is 1. The fourth-order valence-corrected chi connectivity index (χ4v) is 2.26. The first kappa shape index (κ1) is 16.2. The first-order chi connectivity index (χ1) is 10.3. The van der Waals surface area contributed by atoms with E-state index in [2.05, 4.69) is 10.3 Å². The molecule has 0 saturated heterocycles. The molecule has 1 heterocycles. The number of aryl methyl sites for hydroxylation is 1. The van der Waals surface area contributed by atoms with E-state index in [4.69, 9.17) is 10.5 Å². The fraction of sp³-hybridized carbons (Fsp3) is 0.412. The first-order valence-corrected chi connectivity index (χ1v) is 7.35. The van der Waals surface area contributed by atoms with Crippen LogP contribution in [0.25, 0.3) is 10.9 Å². The van der Waals surface area contributed by atoms with Gasteiger partial charge in [0, 0.05) is 23.7 Å². The highest BCUT2D eigenvalue weighted by atomic mass is 16.6. The Labute approximate surface area is 130 Å². The van der Waals surface area contributed by atoms with Gasteiger partial charge in [-0.3, -0.25) is 4.98 Å². The van der Waals surface area contributed by atoms with Crippen molar-refractivity contribution >= 4 is 17.0 Å². The van der Waals surface area contributed by atoms with Crippen molar-refractivity contribution in [3.63, 3.8) is 0 Å². The molecule has 1 atom stereocenters. The van der Waals surface area contributed by atoms with Gasteiger partial charge in [0.2, 0.25) is 0 Å². The summed E-state index contributed by atoms with van der Waals surface area (Å²) >= 11 is 0. The number of carbonyl (C=O) groups excluding carboxylic acids is 1. The molecule has 1 aromatic carbocycles. The van der Waals surface area contributed by atoms with Gasteiger partial charge in [0.1, 0.15) is 5.60 Å². The number of nitrogens with two attached hydrogens (primary N) is 1. The predicted octanol–water partition coefficient (Wildman–Crippen LogP) is 3.07. The molecule has 0 aliphatic rings. The van der Waals surface area contributed by atoms with Crippen LogP contribution in [-0.4, -0.2) is 23.2 Å². The number of amides is 1. The monoisotopic (exact) mass is 301 g/mol. The van der Waals surface area contributed by atoms with Gasteiger partial charge >= 0.3 is 6.09 Å². The fourth-order valence-electron chi connectivity index (χ4n) is 2.26. The second-order valence-electron chi connectivity index (χ2n) is 6.36. The molecular weight excluding hydrogens is 278 g/mol. The molecule has 1 amide bonds. The number of nitrogens with zero attached hydrogens (tertiary/aromatic N) is 1. The van der Waals surface area contributed by atoms with E-state index in [0.29, 0.717) is 6.54 Å². The zero-order valence-electron chi connectivity index (χ0n) is 13.5. The van der Waals surface area contributed by atoms with E-state index in [1.165, 1.54) is 0 Å². The summed E-state index contributed by atoms with van der Waals surface area (Å²) in [5, 5.41) is 3.72. The Kier molecular flexibility index (Phi) is 4.66. The molecule has 22 heavy (non-hydrogen) atoms. The molecule has 2 rings (SSSR count). The summed E-state index contributed by atoms with van der Waals surface area (Å²) in [7, 11) is 0. The molecule has 5 nitrogen and oxygen atoms in total. The number of hydrogen-bond acceptors (Lipinski definition) is 4. The highest BCUT2D eigenvalue weighted by Crippen LogP contribution is 2.22. The van der Waals surface area contributed by atoms with Crippen molar-refractivity contribution in [2.24, 2.45) is 5.73 Å². The number of aromatic nitrogens is 1. The van der Waals surface area contributed by atoms with E-state index in [9.17, 15) is 4.79 Å². The number of rotatable bonds is 3. The van der Waals surface area contributed by atoms with E-state index >= 15 is 0 Å². The lowest BCUT2D eigenvalue weighted by molar-refractivity contribution is 0.0524. The van der Waals surface area contributed by atoms with Gasteiger partial charge in [-0.2, -0.15) is 0 Å². The summed E-state index contributed by atoms with van der Waals surface area (Å²) in [5.41, 5.74) is 8.51. The summed E-state index contributed by atoms with van der Waals surface area (Å²) < 4.78 is 5.22. The molecule has 0 fully saturated rings. The molecule has 1 unspecified atom stereocenters. The zero-order chi connectivity index (χ0) is 16.3. The van der Waals surface area contributed by atoms with Crippen LogP contribution in [0.1, 0.15) is 38.1 Å². The maximum Gasteiger partial charge on any atom is 0.407 e. The lowest BCUT2D eigenvalue weighted by Gasteiger charge is -2.21. The van der Waals surface area contributed by atoms with Crippen molar-refractivity contribution in [2.45, 2.75) is 39.3 Å². The average Bonchev–Trinajstić information content (AvgIpc) is 2.42. The smallest absolute Gasteiger partial charge is 0.407 e. The minimum Gasteiger partial charge on any atom is -0.444 e. The van der Waals surface area contributed by atoms with Crippen molar-refractivity contribution in [2.75, 3.05) is 6.54 Å². The number of para-hydroxylation sites is 1. The molecule has 118 valence electrons. The molecule has 5 heteroatoms. The van der Waals surface area contributed by atoms with Crippen molar-refractivity contribution in [1.29, 1.82) is 0 Å². The van der Waals surface area contributed by atoms with Gasteiger partial charge in [-0.1, -0.05) is 18.2 Å². The largest absolute Gasteiger partial charge is 0.444 e. The molecule has 0 aliphatic heterocycles. The van der Waals surface area contributed by atoms with Gasteiger partial charge in [0.25, 0.3) is 0 Å². The third-order valence-corrected chi connectivity index (χ3v) is 3.14. The van der Waals surface area contributed by atoms with Gasteiger partial charge in [-0.05, 0) is 45.4 Å². The number of benzene rings is 1. The van der Waals surface area contributed by atoms with Crippen LogP contribution in [0.2, 0.25) is 0 Å². The van der Waals surface area contributed by atoms with E-state index in [1.54, 1.807) is 0 Å². The molecule has 0 bridgehead atoms. The number of carbonyl (C=O) groups is 1. The van der Waals surface area contributed by atoms with E-state index in [0.717, 1.165) is 22.2 Å². The standard InChI is InChI=1S/C17H23N3O2/c1-11-9-13(12-7-5-6-8-15(12)20-11)14(18)10-19-16(21)22-17(2,3)4/h5-9,14H,10,18H2,1-4H3,(H,19,21). The highest BCUT2D eigenvalue weighted by Gasteiger charge is 2.18. The van der Waals surface area contributed by atoms with Crippen LogP contribution in [-0.2, 0) is 4.74 Å². The van der Waals surface area contributed by atoms with Crippen LogP contribution in [0.3, 0.4) is 0 Å². The van der Waals surface area contributed by atoms with E-state index < -0.39 is 11.7 Å². The van der Waals surface area contributed by atoms with Gasteiger partial charge in [-0.25, -0.2) is 4.79 Å². The summed E-state index contributed by atoms with van der Waals surface area (Å²) in [4.78, 5) is 16.2. The third kappa shape index (κ3) is 4.18. The van der Waals surface area contributed by atoms with Crippen molar-refractivity contribution in [3.8, 4) is 0 Å². The SMILES string of the molecule is Cc1cc(C(N)CNC(=O)OC(C)(C)C)c2ccccc2n1. The minimum atomic E-state index is -0.520. The maximum atomic E-state index is 11.7. The summed E-state index contributed by atoms with van der Waals surface area (Å²) in [6.45, 7) is 7.72. The van der Waals surface area contributed by atoms with Crippen molar-refractivity contribution in [1.82, 2.24) is 10.3 Å². The van der Waals surface area contributed by atoms with Crippen LogP contribution in [0, 0.1) is 6.92 Å². The Balaban J connectivity index is 2.13. The zero-order valence-corrected chi connectivity index (χ0v) is 13.5. The van der Waals surface area contributed by atoms with Gasteiger partial charge in [0.15, 0.2) is 0 Å². The highest BCUT2D eigenvalue weighted by molar-refractivity contribution is 5.83. The Hall–Kier alpha value is -2.14. The topological polar surface area (TPSA) is 77.2 Å². The van der Waals surface area contributed by atoms with Crippen LogP contribution < -0.4 is 11.1 Å². The minimum absolute atomic E-state index is 0.308. The normalized spacial score (nSPS) is 13.0. The lowest BCUT2D eigenvalue weighted by atomic mass is 10.0. The molecule has 3 N–H and O–H groups in total. The lowest BCUT2D eigenvalue weighted by Crippen LogP contribution is -2.36. The number of alkyl carbamates (subject to hydrolysis) is 1. The summed E-state index contributed by atoms with van der Waals surface area (Å²) in [6.07, 6.45) is -0.460. The first-order valence-electron chi connectivity index (χ1n) is 7.35. The third-order valence-electron chi connectivity index (χ3n) is 3.14. The maximum absolute atomic E-state index is 11.7. The number of nitrogens with one attached hydrogen (secondary N) is 1. The van der Waals surface area contributed by atoms with Crippen molar-refractivity contribution < 1.29 is 9.53 Å². The summed E-state index contributed by atoms with van der Waals surface area (Å²) in [6, 6.07) is 9.49. The van der Waals surface area contributed by atoms with E-state index in [-0.39, 0.29) is 6.04 Å².